The van der Waals surface area contributed by atoms with Crippen LogP contribution in [0.25, 0.3) is 0 Å². The maximum atomic E-state index is 13.0. The molecular weight excluding hydrogens is 1130 g/mol. The number of unbranched alkanes of at least 4 members (excludes halogenated alkanes) is 38. The van der Waals surface area contributed by atoms with E-state index in [0.717, 1.165) is 102 Å². The molecule has 0 aromatic carbocycles. The number of phosphoric acid groups is 2. The average molecular weight is 1260 g/mol. The summed E-state index contributed by atoms with van der Waals surface area (Å²) < 4.78 is 67.9. The molecule has 0 aromatic heterocycles. The first-order chi connectivity index (χ1) is 41.0. The third-order valence-electron chi connectivity index (χ3n) is 15.3. The van der Waals surface area contributed by atoms with Crippen molar-refractivity contribution in [3.05, 3.63) is 0 Å². The molecule has 0 rings (SSSR count). The predicted octanol–water partition coefficient (Wildman–Crippen LogP) is 18.6. The highest BCUT2D eigenvalue weighted by Crippen LogP contribution is 2.45. The Bertz CT molecular complexity index is 1650. The number of esters is 4. The van der Waals surface area contributed by atoms with Crippen molar-refractivity contribution in [3.63, 3.8) is 0 Å². The standard InChI is InChI=1S/C66H128O17P2/c1-6-9-12-15-17-19-21-23-24-28-31-35-40-45-50-64(69)77-56-62(83-66(71)52-47-42-37-33-29-25-26-30-34-39-43-48-59(4)5)58-81-85(74,75)79-54-60(67)53-78-84(72,73)80-57-61(55-76-63(68)49-44-38-14-11-8-3)82-65(70)51-46-41-36-32-27-22-20-18-16-13-10-7-2/h59-62,67H,6-58H2,1-5H3,(H,72,73)(H,74,75)/t60-,61+,62+/m0/s1. The minimum Gasteiger partial charge on any atom is -0.462 e. The first kappa shape index (κ1) is 83.1. The highest BCUT2D eigenvalue weighted by atomic mass is 31.2. The Morgan fingerprint density at radius 2 is 0.541 bits per heavy atom. The Morgan fingerprint density at radius 3 is 0.800 bits per heavy atom. The van der Waals surface area contributed by atoms with E-state index in [0.29, 0.717) is 25.7 Å². The van der Waals surface area contributed by atoms with Crippen molar-refractivity contribution in [2.24, 2.45) is 5.92 Å². The molecule has 0 spiro atoms. The van der Waals surface area contributed by atoms with E-state index in [1.807, 2.05) is 0 Å². The van der Waals surface area contributed by atoms with Gasteiger partial charge in [0.2, 0.25) is 0 Å². The Hall–Kier alpha value is -1.94. The van der Waals surface area contributed by atoms with Crippen LogP contribution in [0, 0.1) is 5.92 Å². The number of rotatable bonds is 66. The zero-order valence-electron chi connectivity index (χ0n) is 54.7. The van der Waals surface area contributed by atoms with Crippen molar-refractivity contribution in [2.75, 3.05) is 39.6 Å². The number of carbonyl (C=O) groups excluding carboxylic acids is 4. The molecule has 3 N–H and O–H groups in total. The van der Waals surface area contributed by atoms with Gasteiger partial charge in [0.25, 0.3) is 0 Å². The lowest BCUT2D eigenvalue weighted by molar-refractivity contribution is -0.161. The molecule has 0 saturated carbocycles. The van der Waals surface area contributed by atoms with Gasteiger partial charge < -0.3 is 33.8 Å². The SMILES string of the molecule is CCCCCCCCCCCCCCCCC(=O)OC[C@H](COP(=O)(O)OC[C@@H](O)COP(=O)(O)OC[C@@H](COC(=O)CCCCCCC)OC(=O)CCCCCCCCCCCCCC)OC(=O)CCCCCCCCCCCCCC(C)C. The minimum atomic E-state index is -4.95. The van der Waals surface area contributed by atoms with Gasteiger partial charge in [0.1, 0.15) is 19.3 Å². The van der Waals surface area contributed by atoms with Crippen LogP contribution in [0.3, 0.4) is 0 Å². The number of aliphatic hydroxyl groups is 1. The second-order valence-corrected chi connectivity index (χ2v) is 27.2. The van der Waals surface area contributed by atoms with Crippen molar-refractivity contribution < 1.29 is 80.2 Å². The molecule has 85 heavy (non-hydrogen) atoms. The van der Waals surface area contributed by atoms with Crippen molar-refractivity contribution in [1.82, 2.24) is 0 Å². The van der Waals surface area contributed by atoms with Crippen molar-refractivity contribution in [3.8, 4) is 0 Å². The lowest BCUT2D eigenvalue weighted by Gasteiger charge is -2.21. The van der Waals surface area contributed by atoms with Crippen molar-refractivity contribution in [2.45, 2.75) is 355 Å². The van der Waals surface area contributed by atoms with Crippen LogP contribution < -0.4 is 0 Å². The molecule has 0 aliphatic carbocycles. The van der Waals surface area contributed by atoms with E-state index in [9.17, 15) is 43.2 Å². The molecule has 504 valence electrons. The van der Waals surface area contributed by atoms with Gasteiger partial charge >= 0.3 is 39.5 Å². The van der Waals surface area contributed by atoms with Gasteiger partial charge in [0, 0.05) is 25.7 Å². The van der Waals surface area contributed by atoms with E-state index in [-0.39, 0.29) is 25.7 Å². The summed E-state index contributed by atoms with van der Waals surface area (Å²) >= 11 is 0. The quantitative estimate of drug-likeness (QED) is 0.0222. The number of aliphatic hydroxyl groups excluding tert-OH is 1. The van der Waals surface area contributed by atoms with Gasteiger partial charge in [-0.1, -0.05) is 285 Å². The summed E-state index contributed by atoms with van der Waals surface area (Å²) in [6.07, 6.45) is 44.7. The second kappa shape index (κ2) is 59.7. The second-order valence-electron chi connectivity index (χ2n) is 24.3. The molecule has 17 nitrogen and oxygen atoms in total. The van der Waals surface area contributed by atoms with Gasteiger partial charge in [-0.2, -0.15) is 0 Å². The highest BCUT2D eigenvalue weighted by Gasteiger charge is 2.30. The summed E-state index contributed by atoms with van der Waals surface area (Å²) in [4.78, 5) is 72.1. The van der Waals surface area contributed by atoms with Gasteiger partial charge in [-0.3, -0.25) is 37.3 Å². The van der Waals surface area contributed by atoms with E-state index < -0.39 is 97.5 Å². The monoisotopic (exact) mass is 1250 g/mol. The Balaban J connectivity index is 5.17. The lowest BCUT2D eigenvalue weighted by atomic mass is 10.0. The van der Waals surface area contributed by atoms with E-state index in [1.165, 1.54) is 154 Å². The third-order valence-corrected chi connectivity index (χ3v) is 17.2. The molecule has 5 atom stereocenters. The van der Waals surface area contributed by atoms with Gasteiger partial charge in [-0.25, -0.2) is 9.13 Å². The van der Waals surface area contributed by atoms with Crippen LogP contribution in [0.1, 0.15) is 336 Å². The summed E-state index contributed by atoms with van der Waals surface area (Å²) in [7, 11) is -9.88. The maximum Gasteiger partial charge on any atom is 0.472 e. The molecule has 19 heteroatoms. The van der Waals surface area contributed by atoms with Crippen molar-refractivity contribution >= 4 is 39.5 Å². The molecule has 0 aromatic rings. The van der Waals surface area contributed by atoms with E-state index in [2.05, 4.69) is 34.6 Å². The molecule has 0 aliphatic rings. The number of hydrogen-bond acceptors (Lipinski definition) is 15. The largest absolute Gasteiger partial charge is 0.472 e. The van der Waals surface area contributed by atoms with Gasteiger partial charge in [-0.05, 0) is 31.6 Å². The maximum absolute atomic E-state index is 13.0. The molecule has 0 aliphatic heterocycles. The Morgan fingerprint density at radius 1 is 0.318 bits per heavy atom. The molecule has 0 fully saturated rings. The fourth-order valence-corrected chi connectivity index (χ4v) is 11.5. The highest BCUT2D eigenvalue weighted by molar-refractivity contribution is 7.47. The molecule has 0 bridgehead atoms. The van der Waals surface area contributed by atoms with Crippen LogP contribution in [0.15, 0.2) is 0 Å². The summed E-state index contributed by atoms with van der Waals surface area (Å²) in [6, 6.07) is 0. The first-order valence-corrected chi connectivity index (χ1v) is 37.6. The van der Waals surface area contributed by atoms with Crippen LogP contribution in [-0.4, -0.2) is 96.7 Å². The van der Waals surface area contributed by atoms with E-state index in [4.69, 9.17) is 37.0 Å². The van der Waals surface area contributed by atoms with Crippen LogP contribution in [0.2, 0.25) is 0 Å². The molecule has 0 amide bonds. The smallest absolute Gasteiger partial charge is 0.462 e. The van der Waals surface area contributed by atoms with Gasteiger partial charge in [0.05, 0.1) is 26.4 Å². The Labute approximate surface area is 517 Å². The number of hydrogen-bond donors (Lipinski definition) is 3. The summed E-state index contributed by atoms with van der Waals surface area (Å²) in [6.45, 7) is 7.13. The summed E-state index contributed by atoms with van der Waals surface area (Å²) in [5.74, 6) is -1.37. The van der Waals surface area contributed by atoms with Gasteiger partial charge in [-0.15, -0.1) is 0 Å². The predicted molar refractivity (Wildman–Crippen MR) is 340 cm³/mol. The zero-order valence-corrected chi connectivity index (χ0v) is 56.5. The number of phosphoric ester groups is 2. The first-order valence-electron chi connectivity index (χ1n) is 34.6. The van der Waals surface area contributed by atoms with Crippen LogP contribution in [-0.2, 0) is 65.4 Å². The van der Waals surface area contributed by atoms with Crippen LogP contribution >= 0.6 is 15.6 Å². The number of ether oxygens (including phenoxy) is 4. The lowest BCUT2D eigenvalue weighted by Crippen LogP contribution is -2.30. The topological polar surface area (TPSA) is 237 Å². The minimum absolute atomic E-state index is 0.106. The van der Waals surface area contributed by atoms with Gasteiger partial charge in [0.15, 0.2) is 12.2 Å². The Kier molecular flexibility index (Phi) is 58.3. The molecule has 0 radical (unpaired) electrons. The molecule has 2 unspecified atom stereocenters. The third kappa shape index (κ3) is 60.7. The normalized spacial score (nSPS) is 14.2. The summed E-state index contributed by atoms with van der Waals surface area (Å²) in [5, 5.41) is 10.5. The molecular formula is C66H128O17P2. The fraction of sp³-hybridized carbons (Fsp3) is 0.939. The summed E-state index contributed by atoms with van der Waals surface area (Å²) in [5.41, 5.74) is 0. The molecule has 0 saturated heterocycles. The fourth-order valence-electron chi connectivity index (χ4n) is 9.94. The average Bonchev–Trinajstić information content (AvgIpc) is 3.49. The van der Waals surface area contributed by atoms with Crippen LogP contribution in [0.4, 0.5) is 0 Å². The van der Waals surface area contributed by atoms with E-state index in [1.54, 1.807) is 0 Å². The van der Waals surface area contributed by atoms with E-state index >= 15 is 0 Å². The molecule has 0 heterocycles. The van der Waals surface area contributed by atoms with Crippen LogP contribution in [0.5, 0.6) is 0 Å². The van der Waals surface area contributed by atoms with Crippen molar-refractivity contribution in [1.29, 1.82) is 0 Å². The number of carbonyl (C=O) groups is 4. The zero-order chi connectivity index (χ0) is 62.8.